The molecule has 0 spiro atoms. The van der Waals surface area contributed by atoms with Crippen LogP contribution >= 0.6 is 0 Å². The largest absolute Gasteiger partial charge is 0.493 e. The van der Waals surface area contributed by atoms with E-state index in [2.05, 4.69) is 15.5 Å². The van der Waals surface area contributed by atoms with E-state index >= 15 is 0 Å². The number of nitrogens with one attached hydrogen (secondary N) is 2. The minimum Gasteiger partial charge on any atom is -0.493 e. The van der Waals surface area contributed by atoms with Gasteiger partial charge in [-0.15, -0.1) is 0 Å². The molecule has 0 aliphatic heterocycles. The van der Waals surface area contributed by atoms with Gasteiger partial charge in [0.1, 0.15) is 11.4 Å². The highest BCUT2D eigenvalue weighted by Gasteiger charge is 2.18. The molecule has 1 aromatic carbocycles. The molecule has 0 unspecified atom stereocenters. The van der Waals surface area contributed by atoms with Crippen LogP contribution in [0.25, 0.3) is 0 Å². The molecule has 1 atom stereocenters. The zero-order chi connectivity index (χ0) is 17.7. The molecule has 0 bridgehead atoms. The van der Waals surface area contributed by atoms with Gasteiger partial charge in [-0.1, -0.05) is 13.0 Å². The van der Waals surface area contributed by atoms with E-state index in [-0.39, 0.29) is 29.1 Å². The summed E-state index contributed by atoms with van der Waals surface area (Å²) in [6.45, 7) is 3.37. The van der Waals surface area contributed by atoms with Crippen molar-refractivity contribution in [2.75, 3.05) is 14.2 Å². The molecular weight excluding hydrogens is 310 g/mol. The van der Waals surface area contributed by atoms with Crippen LogP contribution in [0.2, 0.25) is 0 Å². The second kappa shape index (κ2) is 7.63. The number of benzene rings is 1. The monoisotopic (exact) mass is 331 g/mol. The summed E-state index contributed by atoms with van der Waals surface area (Å²) in [5.41, 5.74) is 1.38. The Balaban J connectivity index is 2.19. The number of carbonyl (C=O) groups excluding carboxylic acids is 2. The van der Waals surface area contributed by atoms with Crippen molar-refractivity contribution in [3.63, 3.8) is 0 Å². The normalized spacial score (nSPS) is 11.7. The van der Waals surface area contributed by atoms with Gasteiger partial charge in [0.25, 0.3) is 5.91 Å². The Hall–Kier alpha value is -2.83. The fraction of sp³-hybridized carbons (Fsp3) is 0.353. The van der Waals surface area contributed by atoms with E-state index in [1.807, 2.05) is 19.1 Å². The van der Waals surface area contributed by atoms with Gasteiger partial charge in [0.2, 0.25) is 0 Å². The summed E-state index contributed by atoms with van der Waals surface area (Å²) >= 11 is 0. The van der Waals surface area contributed by atoms with Gasteiger partial charge < -0.3 is 14.8 Å². The van der Waals surface area contributed by atoms with Crippen LogP contribution in [0.5, 0.6) is 11.5 Å². The zero-order valence-electron chi connectivity index (χ0n) is 14.2. The molecule has 0 radical (unpaired) electrons. The Morgan fingerprint density at radius 1 is 1.21 bits per heavy atom. The Morgan fingerprint density at radius 2 is 1.92 bits per heavy atom. The van der Waals surface area contributed by atoms with E-state index in [1.165, 1.54) is 13.0 Å². The van der Waals surface area contributed by atoms with Gasteiger partial charge in [0.05, 0.1) is 20.3 Å². The van der Waals surface area contributed by atoms with Crippen molar-refractivity contribution in [3.05, 3.63) is 41.2 Å². The second-order valence-corrected chi connectivity index (χ2v) is 5.27. The maximum atomic E-state index is 12.4. The molecule has 2 rings (SSSR count). The average Bonchev–Trinajstić information content (AvgIpc) is 3.09. The van der Waals surface area contributed by atoms with Crippen molar-refractivity contribution in [2.45, 2.75) is 26.3 Å². The molecule has 0 saturated carbocycles. The summed E-state index contributed by atoms with van der Waals surface area (Å²) in [5.74, 6) is 0.707. The number of Topliss-reactive ketones (excluding diaryl/α,β-unsaturated/α-hetero) is 1. The molecule has 128 valence electrons. The van der Waals surface area contributed by atoms with Gasteiger partial charge in [-0.05, 0) is 30.2 Å². The summed E-state index contributed by atoms with van der Waals surface area (Å²) < 4.78 is 10.5. The van der Waals surface area contributed by atoms with Crippen molar-refractivity contribution in [1.82, 2.24) is 15.5 Å². The van der Waals surface area contributed by atoms with Crippen LogP contribution in [0.4, 0.5) is 0 Å². The Labute approximate surface area is 140 Å². The quantitative estimate of drug-likeness (QED) is 0.760. The van der Waals surface area contributed by atoms with Crippen LogP contribution in [0.1, 0.15) is 52.9 Å². The van der Waals surface area contributed by atoms with E-state index in [1.54, 1.807) is 20.3 Å². The van der Waals surface area contributed by atoms with Crippen LogP contribution in [0.3, 0.4) is 0 Å². The molecule has 0 fully saturated rings. The third-order valence-corrected chi connectivity index (χ3v) is 3.71. The van der Waals surface area contributed by atoms with Gasteiger partial charge in [0.15, 0.2) is 17.3 Å². The molecular formula is C17H21N3O4. The summed E-state index contributed by atoms with van der Waals surface area (Å²) in [4.78, 5) is 23.6. The van der Waals surface area contributed by atoms with E-state index in [9.17, 15) is 9.59 Å². The molecule has 1 amide bonds. The molecule has 2 N–H and O–H groups in total. The molecule has 7 nitrogen and oxygen atoms in total. The Bertz CT molecular complexity index is 739. The highest BCUT2D eigenvalue weighted by atomic mass is 16.5. The lowest BCUT2D eigenvalue weighted by Gasteiger charge is -2.18. The minimum atomic E-state index is -0.323. The maximum Gasteiger partial charge on any atom is 0.269 e. The first-order chi connectivity index (χ1) is 11.5. The molecule has 0 saturated heterocycles. The van der Waals surface area contributed by atoms with E-state index in [4.69, 9.17) is 9.47 Å². The maximum absolute atomic E-state index is 12.4. The van der Waals surface area contributed by atoms with Crippen LogP contribution in [-0.4, -0.2) is 36.1 Å². The Morgan fingerprint density at radius 3 is 2.46 bits per heavy atom. The smallest absolute Gasteiger partial charge is 0.269 e. The average molecular weight is 331 g/mol. The van der Waals surface area contributed by atoms with Gasteiger partial charge in [-0.3, -0.25) is 14.7 Å². The standard InChI is InChI=1S/C17H21N3O4/c1-5-12(11-6-7-15(23-3)16(8-11)24-4)18-17(22)14-9-13(10(2)21)19-20-14/h6-9,12H,5H2,1-4H3,(H,18,22)(H,19,20)/t12-/m1/s1. The lowest BCUT2D eigenvalue weighted by molar-refractivity contribution is 0.0930. The third kappa shape index (κ3) is 3.73. The van der Waals surface area contributed by atoms with Crippen molar-refractivity contribution in [3.8, 4) is 11.5 Å². The number of ketones is 1. The second-order valence-electron chi connectivity index (χ2n) is 5.27. The van der Waals surface area contributed by atoms with Gasteiger partial charge in [-0.2, -0.15) is 5.10 Å². The molecule has 24 heavy (non-hydrogen) atoms. The first-order valence-corrected chi connectivity index (χ1v) is 7.59. The van der Waals surface area contributed by atoms with Crippen molar-refractivity contribution < 1.29 is 19.1 Å². The SMILES string of the molecule is CC[C@@H](NC(=O)c1cc(C(C)=O)n[nH]1)c1ccc(OC)c(OC)c1. The summed E-state index contributed by atoms with van der Waals surface area (Å²) in [5, 5.41) is 9.32. The summed E-state index contributed by atoms with van der Waals surface area (Å²) in [7, 11) is 3.14. The summed E-state index contributed by atoms with van der Waals surface area (Å²) in [6, 6.07) is 6.75. The fourth-order valence-corrected chi connectivity index (χ4v) is 2.35. The predicted octanol–water partition coefficient (Wildman–Crippen LogP) is 2.51. The molecule has 0 aliphatic rings. The number of methoxy groups -OCH3 is 2. The van der Waals surface area contributed by atoms with Crippen LogP contribution in [0.15, 0.2) is 24.3 Å². The predicted molar refractivity (Wildman–Crippen MR) is 88.6 cm³/mol. The number of carbonyl (C=O) groups is 2. The zero-order valence-corrected chi connectivity index (χ0v) is 14.2. The van der Waals surface area contributed by atoms with Crippen LogP contribution in [0, 0.1) is 0 Å². The van der Waals surface area contributed by atoms with E-state index in [0.717, 1.165) is 5.56 Å². The number of aromatic amines is 1. The molecule has 1 heterocycles. The van der Waals surface area contributed by atoms with Crippen LogP contribution < -0.4 is 14.8 Å². The van der Waals surface area contributed by atoms with Crippen LogP contribution in [-0.2, 0) is 0 Å². The number of ether oxygens (including phenoxy) is 2. The first-order valence-electron chi connectivity index (χ1n) is 7.59. The lowest BCUT2D eigenvalue weighted by atomic mass is 10.0. The lowest BCUT2D eigenvalue weighted by Crippen LogP contribution is -2.28. The van der Waals surface area contributed by atoms with Gasteiger partial charge in [-0.25, -0.2) is 0 Å². The van der Waals surface area contributed by atoms with Gasteiger partial charge in [0, 0.05) is 6.92 Å². The number of aromatic nitrogens is 2. The van der Waals surface area contributed by atoms with Crippen molar-refractivity contribution in [1.29, 1.82) is 0 Å². The molecule has 2 aromatic rings. The highest BCUT2D eigenvalue weighted by Crippen LogP contribution is 2.30. The topological polar surface area (TPSA) is 93.3 Å². The summed E-state index contributed by atoms with van der Waals surface area (Å²) in [6.07, 6.45) is 0.689. The number of H-pyrrole nitrogens is 1. The van der Waals surface area contributed by atoms with Crippen molar-refractivity contribution in [2.24, 2.45) is 0 Å². The Kier molecular flexibility index (Phi) is 5.57. The first kappa shape index (κ1) is 17.5. The highest BCUT2D eigenvalue weighted by molar-refractivity contribution is 5.97. The number of nitrogens with zero attached hydrogens (tertiary/aromatic N) is 1. The van der Waals surface area contributed by atoms with Crippen molar-refractivity contribution >= 4 is 11.7 Å². The molecule has 1 aromatic heterocycles. The molecule has 0 aliphatic carbocycles. The van der Waals surface area contributed by atoms with Gasteiger partial charge >= 0.3 is 0 Å². The van der Waals surface area contributed by atoms with E-state index < -0.39 is 0 Å². The third-order valence-electron chi connectivity index (χ3n) is 3.71. The number of hydrogen-bond donors (Lipinski definition) is 2. The minimum absolute atomic E-state index is 0.197. The van der Waals surface area contributed by atoms with E-state index in [0.29, 0.717) is 17.9 Å². The fourth-order valence-electron chi connectivity index (χ4n) is 2.35. The number of rotatable bonds is 7. The number of amides is 1. The molecule has 7 heteroatoms. The number of hydrogen-bond acceptors (Lipinski definition) is 5.